The van der Waals surface area contributed by atoms with Gasteiger partial charge >= 0.3 is 5.97 Å². The van der Waals surface area contributed by atoms with E-state index in [-0.39, 0.29) is 0 Å². The summed E-state index contributed by atoms with van der Waals surface area (Å²) in [5.74, 6) is 0.158. The Bertz CT molecular complexity index is 733. The van der Waals surface area contributed by atoms with E-state index < -0.39 is 5.97 Å². The maximum absolute atomic E-state index is 10.9. The monoisotopic (exact) mass is 337 g/mol. The van der Waals surface area contributed by atoms with Crippen LogP contribution >= 0.6 is 0 Å². The van der Waals surface area contributed by atoms with Crippen LogP contribution in [0.3, 0.4) is 0 Å². The van der Waals surface area contributed by atoms with E-state index in [0.717, 1.165) is 44.1 Å². The highest BCUT2D eigenvalue weighted by atomic mass is 16.4. The normalized spacial score (nSPS) is 16.0. The minimum Gasteiger partial charge on any atom is -0.478 e. The van der Waals surface area contributed by atoms with E-state index in [4.69, 9.17) is 5.11 Å². The van der Waals surface area contributed by atoms with Crippen molar-refractivity contribution in [3.63, 3.8) is 0 Å². The molecule has 0 radical (unpaired) electrons. The van der Waals surface area contributed by atoms with Crippen LogP contribution in [0.2, 0.25) is 0 Å². The van der Waals surface area contributed by atoms with Gasteiger partial charge in [0.15, 0.2) is 0 Å². The van der Waals surface area contributed by atoms with Crippen molar-refractivity contribution in [2.24, 2.45) is 0 Å². The summed E-state index contributed by atoms with van der Waals surface area (Å²) in [7, 11) is 0. The van der Waals surface area contributed by atoms with Gasteiger partial charge in [0.25, 0.3) is 0 Å². The van der Waals surface area contributed by atoms with Gasteiger partial charge in [0, 0.05) is 38.9 Å². The molecule has 2 heterocycles. The Labute approximate surface area is 148 Å². The van der Waals surface area contributed by atoms with Crippen molar-refractivity contribution in [3.8, 4) is 0 Å². The van der Waals surface area contributed by atoms with Crippen LogP contribution in [-0.4, -0.2) is 53.7 Å². The molecule has 1 fully saturated rings. The maximum atomic E-state index is 10.9. The summed E-state index contributed by atoms with van der Waals surface area (Å²) in [6, 6.07) is 13.0. The van der Waals surface area contributed by atoms with Crippen LogP contribution in [-0.2, 0) is 0 Å². The highest BCUT2D eigenvalue weighted by molar-refractivity contribution is 5.87. The Balaban J connectivity index is 1.53. The predicted octanol–water partition coefficient (Wildman–Crippen LogP) is 3.01. The van der Waals surface area contributed by atoms with Crippen LogP contribution in [0.1, 0.15) is 22.8 Å². The lowest BCUT2D eigenvalue weighted by Gasteiger charge is -2.35. The van der Waals surface area contributed by atoms with Crippen molar-refractivity contribution in [1.82, 2.24) is 9.88 Å². The van der Waals surface area contributed by atoms with Crippen LogP contribution < -0.4 is 4.90 Å². The van der Waals surface area contributed by atoms with Crippen LogP contribution in [0.5, 0.6) is 0 Å². The number of anilines is 1. The number of pyridine rings is 1. The van der Waals surface area contributed by atoms with Crippen molar-refractivity contribution in [1.29, 1.82) is 0 Å². The van der Waals surface area contributed by atoms with E-state index in [1.54, 1.807) is 12.1 Å². The minimum atomic E-state index is -0.891. The Morgan fingerprint density at radius 3 is 2.44 bits per heavy atom. The number of aromatic nitrogens is 1. The molecule has 1 aliphatic heterocycles. The van der Waals surface area contributed by atoms with E-state index >= 15 is 0 Å². The van der Waals surface area contributed by atoms with Gasteiger partial charge in [-0.25, -0.2) is 9.78 Å². The quantitative estimate of drug-likeness (QED) is 0.909. The predicted molar refractivity (Wildman–Crippen MR) is 99.9 cm³/mol. The average molecular weight is 337 g/mol. The van der Waals surface area contributed by atoms with Gasteiger partial charge in [0.2, 0.25) is 0 Å². The fourth-order valence-corrected chi connectivity index (χ4v) is 3.08. The molecule has 5 nitrogen and oxygen atoms in total. The third-order valence-electron chi connectivity index (χ3n) is 4.39. The first-order valence-corrected chi connectivity index (χ1v) is 8.51. The second kappa shape index (κ2) is 7.94. The Hall–Kier alpha value is -2.66. The van der Waals surface area contributed by atoms with Gasteiger partial charge in [-0.1, -0.05) is 29.8 Å². The summed E-state index contributed by atoms with van der Waals surface area (Å²) in [6.45, 7) is 7.04. The molecule has 1 aromatic carbocycles. The average Bonchev–Trinajstić information content (AvgIpc) is 2.63. The Morgan fingerprint density at radius 2 is 1.84 bits per heavy atom. The zero-order chi connectivity index (χ0) is 17.6. The largest absolute Gasteiger partial charge is 0.478 e. The van der Waals surface area contributed by atoms with Crippen LogP contribution in [0, 0.1) is 0 Å². The van der Waals surface area contributed by atoms with E-state index in [0.29, 0.717) is 5.56 Å². The van der Waals surface area contributed by atoms with Gasteiger partial charge in [0.05, 0.1) is 5.56 Å². The number of nitrogens with zero attached hydrogens (tertiary/aromatic N) is 3. The molecule has 2 aromatic rings. The SMILES string of the molecule is CC(=Cc1ccc(C(=O)O)cc1)CN1CCN(c2ccccn2)CC1. The first-order valence-electron chi connectivity index (χ1n) is 8.51. The van der Waals surface area contributed by atoms with Crippen molar-refractivity contribution in [2.45, 2.75) is 6.92 Å². The van der Waals surface area contributed by atoms with E-state index in [9.17, 15) is 4.79 Å². The summed E-state index contributed by atoms with van der Waals surface area (Å²) >= 11 is 0. The molecule has 0 aliphatic carbocycles. The molecular formula is C20H23N3O2. The zero-order valence-electron chi connectivity index (χ0n) is 14.4. The summed E-state index contributed by atoms with van der Waals surface area (Å²) in [5.41, 5.74) is 2.63. The van der Waals surface area contributed by atoms with Crippen molar-refractivity contribution in [3.05, 3.63) is 65.4 Å². The number of piperazine rings is 1. The molecule has 0 unspecified atom stereocenters. The number of rotatable bonds is 5. The number of hydrogen-bond donors (Lipinski definition) is 1. The zero-order valence-corrected chi connectivity index (χ0v) is 14.4. The lowest BCUT2D eigenvalue weighted by atomic mass is 10.1. The van der Waals surface area contributed by atoms with E-state index in [1.807, 2.05) is 30.5 Å². The highest BCUT2D eigenvalue weighted by Crippen LogP contribution is 2.14. The summed E-state index contributed by atoms with van der Waals surface area (Å²) in [5, 5.41) is 8.95. The first kappa shape index (κ1) is 17.2. The summed E-state index contributed by atoms with van der Waals surface area (Å²) in [6.07, 6.45) is 3.96. The number of carboxylic acid groups (broad SMARTS) is 1. The number of hydrogen-bond acceptors (Lipinski definition) is 4. The molecule has 3 rings (SSSR count). The van der Waals surface area contributed by atoms with Crippen LogP contribution in [0.15, 0.2) is 54.2 Å². The van der Waals surface area contributed by atoms with E-state index in [2.05, 4.69) is 33.8 Å². The third-order valence-corrected chi connectivity index (χ3v) is 4.39. The number of aromatic carboxylic acids is 1. The number of benzene rings is 1. The smallest absolute Gasteiger partial charge is 0.335 e. The molecule has 1 aromatic heterocycles. The van der Waals surface area contributed by atoms with Crippen molar-refractivity contribution >= 4 is 17.9 Å². The highest BCUT2D eigenvalue weighted by Gasteiger charge is 2.17. The topological polar surface area (TPSA) is 56.7 Å². The second-order valence-corrected chi connectivity index (χ2v) is 6.37. The molecule has 130 valence electrons. The second-order valence-electron chi connectivity index (χ2n) is 6.37. The molecule has 0 atom stereocenters. The fraction of sp³-hybridized carbons (Fsp3) is 0.300. The Morgan fingerprint density at radius 1 is 1.12 bits per heavy atom. The molecule has 0 saturated carbocycles. The molecule has 5 heteroatoms. The fourth-order valence-electron chi connectivity index (χ4n) is 3.08. The van der Waals surface area contributed by atoms with Gasteiger partial charge in [-0.05, 0) is 36.8 Å². The van der Waals surface area contributed by atoms with Gasteiger partial charge < -0.3 is 10.0 Å². The molecule has 25 heavy (non-hydrogen) atoms. The molecule has 0 amide bonds. The lowest BCUT2D eigenvalue weighted by molar-refractivity contribution is 0.0697. The number of carboxylic acids is 1. The van der Waals surface area contributed by atoms with Gasteiger partial charge in [0.1, 0.15) is 5.82 Å². The standard InChI is InChI=1S/C20H23N3O2/c1-16(14-17-5-7-18(8-6-17)20(24)25)15-22-10-12-23(13-11-22)19-4-2-3-9-21-19/h2-9,14H,10-13,15H2,1H3,(H,24,25). The molecule has 1 aliphatic rings. The van der Waals surface area contributed by atoms with Gasteiger partial charge in [-0.3, -0.25) is 4.90 Å². The molecule has 1 N–H and O–H groups in total. The maximum Gasteiger partial charge on any atom is 0.335 e. The molecule has 0 spiro atoms. The van der Waals surface area contributed by atoms with Crippen LogP contribution in [0.25, 0.3) is 6.08 Å². The molecular weight excluding hydrogens is 314 g/mol. The Kier molecular flexibility index (Phi) is 5.46. The van der Waals surface area contributed by atoms with E-state index in [1.165, 1.54) is 5.57 Å². The third kappa shape index (κ3) is 4.67. The summed E-state index contributed by atoms with van der Waals surface area (Å²) < 4.78 is 0. The minimum absolute atomic E-state index is 0.320. The van der Waals surface area contributed by atoms with Crippen molar-refractivity contribution < 1.29 is 9.90 Å². The van der Waals surface area contributed by atoms with Crippen molar-refractivity contribution in [2.75, 3.05) is 37.6 Å². The number of carbonyl (C=O) groups is 1. The van der Waals surface area contributed by atoms with Crippen LogP contribution in [0.4, 0.5) is 5.82 Å². The van der Waals surface area contributed by atoms with Gasteiger partial charge in [-0.2, -0.15) is 0 Å². The lowest BCUT2D eigenvalue weighted by Crippen LogP contribution is -2.47. The molecule has 0 bridgehead atoms. The first-order chi connectivity index (χ1) is 12.1. The molecule has 1 saturated heterocycles. The van der Waals surface area contributed by atoms with Gasteiger partial charge in [-0.15, -0.1) is 0 Å². The summed E-state index contributed by atoms with van der Waals surface area (Å²) in [4.78, 5) is 20.1.